The van der Waals surface area contributed by atoms with Crippen LogP contribution in [0.5, 0.6) is 11.5 Å². The van der Waals surface area contributed by atoms with Crippen LogP contribution in [0.4, 0.5) is 5.69 Å². The van der Waals surface area contributed by atoms with Gasteiger partial charge < -0.3 is 19.3 Å². The zero-order chi connectivity index (χ0) is 14.8. The summed E-state index contributed by atoms with van der Waals surface area (Å²) < 4.78 is 16.1. The summed E-state index contributed by atoms with van der Waals surface area (Å²) in [7, 11) is 0. The van der Waals surface area contributed by atoms with Crippen molar-refractivity contribution in [1.29, 1.82) is 0 Å². The fourth-order valence-corrected chi connectivity index (χ4v) is 2.19. The molecule has 110 valence electrons. The number of aromatic nitrogens is 1. The van der Waals surface area contributed by atoms with Gasteiger partial charge in [0.25, 0.3) is 5.91 Å². The van der Waals surface area contributed by atoms with E-state index in [1.165, 1.54) is 0 Å². The van der Waals surface area contributed by atoms with Gasteiger partial charge in [0, 0.05) is 12.0 Å². The average molecular weight is 288 g/mol. The van der Waals surface area contributed by atoms with Crippen LogP contribution in [0, 0.1) is 6.92 Å². The third kappa shape index (κ3) is 2.56. The van der Waals surface area contributed by atoms with Gasteiger partial charge in [-0.3, -0.25) is 4.79 Å². The highest BCUT2D eigenvalue weighted by Gasteiger charge is 2.18. The van der Waals surface area contributed by atoms with Crippen molar-refractivity contribution in [3.05, 3.63) is 35.2 Å². The van der Waals surface area contributed by atoms with Gasteiger partial charge in [0.15, 0.2) is 17.3 Å². The fraction of sp³-hybridized carbons (Fsp3) is 0.333. The van der Waals surface area contributed by atoms with Gasteiger partial charge in [-0.15, -0.1) is 0 Å². The number of fused-ring (bicyclic) bond motifs is 1. The Labute approximate surface area is 122 Å². The number of hydrogen-bond donors (Lipinski definition) is 1. The molecule has 1 aliphatic rings. The van der Waals surface area contributed by atoms with E-state index < -0.39 is 0 Å². The number of nitrogens with one attached hydrogen (secondary N) is 1. The Morgan fingerprint density at radius 3 is 2.81 bits per heavy atom. The number of ether oxygens (including phenoxy) is 2. The highest BCUT2D eigenvalue weighted by molar-refractivity contribution is 6.05. The van der Waals surface area contributed by atoms with E-state index in [0.29, 0.717) is 53.8 Å². The molecule has 21 heavy (non-hydrogen) atoms. The van der Waals surface area contributed by atoms with Crippen molar-refractivity contribution in [3.8, 4) is 11.5 Å². The summed E-state index contributed by atoms with van der Waals surface area (Å²) in [4.78, 5) is 12.3. The lowest BCUT2D eigenvalue weighted by molar-refractivity contribution is 0.102. The lowest BCUT2D eigenvalue weighted by Crippen LogP contribution is -2.17. The van der Waals surface area contributed by atoms with Crippen LogP contribution in [0.15, 0.2) is 22.7 Å². The molecule has 2 heterocycles. The Bertz CT molecular complexity index is 678. The number of amides is 1. The Balaban J connectivity index is 1.84. The summed E-state index contributed by atoms with van der Waals surface area (Å²) in [6, 6.07) is 5.13. The molecule has 1 aliphatic heterocycles. The number of benzene rings is 1. The minimum atomic E-state index is -0.229. The molecule has 0 spiro atoms. The van der Waals surface area contributed by atoms with Crippen molar-refractivity contribution in [2.45, 2.75) is 20.3 Å². The molecule has 1 amide bonds. The molecule has 0 fully saturated rings. The quantitative estimate of drug-likeness (QED) is 0.939. The van der Waals surface area contributed by atoms with Crippen LogP contribution in [0.1, 0.15) is 28.7 Å². The smallest absolute Gasteiger partial charge is 0.255 e. The summed E-state index contributed by atoms with van der Waals surface area (Å²) in [5.74, 6) is 1.69. The van der Waals surface area contributed by atoms with Gasteiger partial charge >= 0.3 is 0 Å². The predicted octanol–water partition coefficient (Wildman–Crippen LogP) is 2.57. The molecule has 0 saturated heterocycles. The maximum atomic E-state index is 12.3. The number of hydrogen-bond acceptors (Lipinski definition) is 5. The Morgan fingerprint density at radius 2 is 2.05 bits per heavy atom. The Morgan fingerprint density at radius 1 is 1.29 bits per heavy atom. The van der Waals surface area contributed by atoms with Crippen molar-refractivity contribution >= 4 is 11.6 Å². The van der Waals surface area contributed by atoms with Crippen LogP contribution in [0.3, 0.4) is 0 Å². The van der Waals surface area contributed by atoms with E-state index in [4.69, 9.17) is 14.0 Å². The van der Waals surface area contributed by atoms with Crippen LogP contribution in [0.25, 0.3) is 0 Å². The normalized spacial score (nSPS) is 13.0. The zero-order valence-electron chi connectivity index (χ0n) is 11.9. The molecule has 0 unspecified atom stereocenters. The number of aryl methyl sites for hydroxylation is 2. The second-order valence-corrected chi connectivity index (χ2v) is 4.73. The first-order valence-corrected chi connectivity index (χ1v) is 6.85. The SMILES string of the molecule is CCc1onc(C)c1NC(=O)c1ccc2c(c1)OCCO2. The third-order valence-corrected chi connectivity index (χ3v) is 3.30. The third-order valence-electron chi connectivity index (χ3n) is 3.30. The first-order valence-electron chi connectivity index (χ1n) is 6.85. The lowest BCUT2D eigenvalue weighted by Gasteiger charge is -2.18. The number of carbonyl (C=O) groups excluding carboxylic acids is 1. The van der Waals surface area contributed by atoms with Gasteiger partial charge in [0.2, 0.25) is 0 Å². The van der Waals surface area contributed by atoms with Crippen LogP contribution >= 0.6 is 0 Å². The number of carbonyl (C=O) groups is 1. The van der Waals surface area contributed by atoms with Gasteiger partial charge in [-0.1, -0.05) is 12.1 Å². The second kappa shape index (κ2) is 5.47. The fourth-order valence-electron chi connectivity index (χ4n) is 2.19. The zero-order valence-corrected chi connectivity index (χ0v) is 11.9. The van der Waals surface area contributed by atoms with E-state index in [-0.39, 0.29) is 5.91 Å². The highest BCUT2D eigenvalue weighted by atomic mass is 16.6. The maximum absolute atomic E-state index is 12.3. The predicted molar refractivity (Wildman–Crippen MR) is 76.0 cm³/mol. The maximum Gasteiger partial charge on any atom is 0.255 e. The van der Waals surface area contributed by atoms with Gasteiger partial charge in [-0.2, -0.15) is 0 Å². The van der Waals surface area contributed by atoms with E-state index in [1.54, 1.807) is 25.1 Å². The Hall–Kier alpha value is -2.50. The molecule has 2 aromatic rings. The summed E-state index contributed by atoms with van der Waals surface area (Å²) in [5.41, 5.74) is 1.80. The molecule has 3 rings (SSSR count). The Kier molecular flexibility index (Phi) is 3.51. The summed E-state index contributed by atoms with van der Waals surface area (Å²) in [6.07, 6.45) is 0.664. The average Bonchev–Trinajstić information content (AvgIpc) is 2.87. The van der Waals surface area contributed by atoms with E-state index in [9.17, 15) is 4.79 Å². The molecule has 1 N–H and O–H groups in total. The molecule has 1 aromatic heterocycles. The molecule has 1 aromatic carbocycles. The van der Waals surface area contributed by atoms with Gasteiger partial charge in [0.1, 0.15) is 24.6 Å². The molecule has 0 radical (unpaired) electrons. The molecule has 6 nitrogen and oxygen atoms in total. The van der Waals surface area contributed by atoms with Gasteiger partial charge in [-0.25, -0.2) is 0 Å². The highest BCUT2D eigenvalue weighted by Crippen LogP contribution is 2.31. The van der Waals surface area contributed by atoms with Crippen molar-refractivity contribution in [3.63, 3.8) is 0 Å². The lowest BCUT2D eigenvalue weighted by atomic mass is 10.1. The molecule has 6 heteroatoms. The number of rotatable bonds is 3. The first-order chi connectivity index (χ1) is 10.2. The molecule has 0 atom stereocenters. The molecular formula is C15H16N2O4. The van der Waals surface area contributed by atoms with Crippen LogP contribution in [0.2, 0.25) is 0 Å². The summed E-state index contributed by atoms with van der Waals surface area (Å²) >= 11 is 0. The van der Waals surface area contributed by atoms with E-state index >= 15 is 0 Å². The minimum Gasteiger partial charge on any atom is -0.486 e. The van der Waals surface area contributed by atoms with Crippen LogP contribution < -0.4 is 14.8 Å². The number of nitrogens with zero attached hydrogens (tertiary/aromatic N) is 1. The first kappa shape index (κ1) is 13.5. The van der Waals surface area contributed by atoms with Crippen molar-refractivity contribution in [2.75, 3.05) is 18.5 Å². The van der Waals surface area contributed by atoms with Crippen LogP contribution in [-0.2, 0) is 6.42 Å². The van der Waals surface area contributed by atoms with Gasteiger partial charge in [-0.05, 0) is 25.1 Å². The minimum absolute atomic E-state index is 0.229. The van der Waals surface area contributed by atoms with Crippen LogP contribution in [-0.4, -0.2) is 24.3 Å². The number of anilines is 1. The standard InChI is InChI=1S/C15H16N2O4/c1-3-11-14(9(2)17-21-11)16-15(18)10-4-5-12-13(8-10)20-7-6-19-12/h4-5,8H,3,6-7H2,1-2H3,(H,16,18). The van der Waals surface area contributed by atoms with Crippen molar-refractivity contribution < 1.29 is 18.8 Å². The van der Waals surface area contributed by atoms with E-state index in [0.717, 1.165) is 0 Å². The molecular weight excluding hydrogens is 272 g/mol. The summed E-state index contributed by atoms with van der Waals surface area (Å²) in [6.45, 7) is 4.75. The van der Waals surface area contributed by atoms with Crippen molar-refractivity contribution in [1.82, 2.24) is 5.16 Å². The second-order valence-electron chi connectivity index (χ2n) is 4.73. The van der Waals surface area contributed by atoms with Gasteiger partial charge in [0.05, 0.1) is 0 Å². The molecule has 0 bridgehead atoms. The topological polar surface area (TPSA) is 73.6 Å². The van der Waals surface area contributed by atoms with E-state index in [2.05, 4.69) is 10.5 Å². The molecule has 0 saturated carbocycles. The van der Waals surface area contributed by atoms with E-state index in [1.807, 2.05) is 6.92 Å². The molecule has 0 aliphatic carbocycles. The summed E-state index contributed by atoms with van der Waals surface area (Å²) in [5, 5.41) is 6.71. The van der Waals surface area contributed by atoms with Crippen molar-refractivity contribution in [2.24, 2.45) is 0 Å². The largest absolute Gasteiger partial charge is 0.486 e. The monoisotopic (exact) mass is 288 g/mol.